The fourth-order valence-corrected chi connectivity index (χ4v) is 5.36. The maximum absolute atomic E-state index is 12.0. The Morgan fingerprint density at radius 1 is 1.33 bits per heavy atom. The van der Waals surface area contributed by atoms with Crippen molar-refractivity contribution in [2.45, 2.75) is 29.4 Å². The van der Waals surface area contributed by atoms with Crippen molar-refractivity contribution < 1.29 is 15.0 Å². The molecule has 0 radical (unpaired) electrons. The molecule has 158 valence electrons. The number of rotatable bonds is 5. The van der Waals surface area contributed by atoms with E-state index in [-0.39, 0.29) is 11.2 Å². The van der Waals surface area contributed by atoms with E-state index < -0.39 is 22.8 Å². The molecule has 1 aliphatic rings. The van der Waals surface area contributed by atoms with E-state index in [2.05, 4.69) is 41.5 Å². The SMILES string of the molecule is CNC(=O)[C@H]1S[C@@H](n2cnc3c(NCc4cccc(Br)c4)nc(Cl)nc32)C(O)C1O. The monoisotopic (exact) mass is 512 g/mol. The molecule has 2 unspecified atom stereocenters. The van der Waals surface area contributed by atoms with Crippen LogP contribution in [0.2, 0.25) is 5.28 Å². The number of carbonyl (C=O) groups is 1. The number of aromatic nitrogens is 4. The quantitative estimate of drug-likeness (QED) is 0.382. The van der Waals surface area contributed by atoms with Crippen molar-refractivity contribution >= 4 is 62.2 Å². The molecule has 4 atom stereocenters. The Labute approximate surface area is 189 Å². The lowest BCUT2D eigenvalue weighted by molar-refractivity contribution is -0.122. The number of imidazole rings is 1. The number of hydrogen-bond donors (Lipinski definition) is 4. The molecule has 0 spiro atoms. The van der Waals surface area contributed by atoms with E-state index in [1.165, 1.54) is 13.4 Å². The molecule has 4 N–H and O–H groups in total. The lowest BCUT2D eigenvalue weighted by Gasteiger charge is -2.17. The molecule has 1 saturated heterocycles. The molecule has 4 rings (SSSR count). The van der Waals surface area contributed by atoms with Crippen molar-refractivity contribution in [3.8, 4) is 0 Å². The molecule has 1 aromatic carbocycles. The number of benzene rings is 1. The number of fused-ring (bicyclic) bond motifs is 1. The molecule has 2 aromatic heterocycles. The molecule has 1 fully saturated rings. The zero-order chi connectivity index (χ0) is 21.4. The van der Waals surface area contributed by atoms with Gasteiger partial charge in [0.25, 0.3) is 0 Å². The molecule has 30 heavy (non-hydrogen) atoms. The summed E-state index contributed by atoms with van der Waals surface area (Å²) in [4.78, 5) is 24.9. The molecule has 12 heteroatoms. The first-order valence-corrected chi connectivity index (χ1v) is 11.1. The van der Waals surface area contributed by atoms with Crippen LogP contribution in [0.25, 0.3) is 11.2 Å². The van der Waals surface area contributed by atoms with E-state index in [1.54, 1.807) is 4.57 Å². The Morgan fingerprint density at radius 3 is 2.87 bits per heavy atom. The summed E-state index contributed by atoms with van der Waals surface area (Å²) in [5, 5.41) is 25.1. The topological polar surface area (TPSA) is 125 Å². The van der Waals surface area contributed by atoms with Gasteiger partial charge in [0.15, 0.2) is 17.0 Å². The van der Waals surface area contributed by atoms with Crippen LogP contribution >= 0.6 is 39.3 Å². The molecule has 0 bridgehead atoms. The van der Waals surface area contributed by atoms with Crippen molar-refractivity contribution in [1.29, 1.82) is 0 Å². The second-order valence-electron chi connectivity index (χ2n) is 6.69. The fraction of sp³-hybridized carbons (Fsp3) is 0.333. The number of aliphatic hydroxyl groups is 2. The van der Waals surface area contributed by atoms with E-state index in [1.807, 2.05) is 24.3 Å². The highest BCUT2D eigenvalue weighted by Gasteiger charge is 2.47. The Hall–Kier alpha value is -1.92. The summed E-state index contributed by atoms with van der Waals surface area (Å²) in [6.45, 7) is 0.493. The van der Waals surface area contributed by atoms with E-state index in [9.17, 15) is 15.0 Å². The van der Waals surface area contributed by atoms with Gasteiger partial charge in [-0.15, -0.1) is 11.8 Å². The number of nitrogens with zero attached hydrogens (tertiary/aromatic N) is 4. The van der Waals surface area contributed by atoms with E-state index in [0.29, 0.717) is 23.5 Å². The predicted octanol–water partition coefficient (Wildman–Crippen LogP) is 1.94. The molecule has 0 aliphatic carbocycles. The van der Waals surface area contributed by atoms with Crippen LogP contribution in [0.4, 0.5) is 5.82 Å². The van der Waals surface area contributed by atoms with Crippen molar-refractivity contribution in [3.63, 3.8) is 0 Å². The summed E-state index contributed by atoms with van der Waals surface area (Å²) in [7, 11) is 1.48. The first kappa shape index (κ1) is 21.3. The van der Waals surface area contributed by atoms with Gasteiger partial charge in [0.1, 0.15) is 22.8 Å². The molecular formula is C18H18BrClN6O3S. The average Bonchev–Trinajstić information content (AvgIpc) is 3.27. The summed E-state index contributed by atoms with van der Waals surface area (Å²) < 4.78 is 2.57. The van der Waals surface area contributed by atoms with Crippen molar-refractivity contribution in [1.82, 2.24) is 24.8 Å². The third kappa shape index (κ3) is 4.00. The molecular weight excluding hydrogens is 496 g/mol. The highest BCUT2D eigenvalue weighted by atomic mass is 79.9. The summed E-state index contributed by atoms with van der Waals surface area (Å²) in [6, 6.07) is 7.83. The van der Waals surface area contributed by atoms with Crippen LogP contribution in [0, 0.1) is 0 Å². The highest BCUT2D eigenvalue weighted by Crippen LogP contribution is 2.43. The number of nitrogens with one attached hydrogen (secondary N) is 2. The van der Waals surface area contributed by atoms with Crippen LogP contribution in [0.1, 0.15) is 10.9 Å². The van der Waals surface area contributed by atoms with E-state index in [0.717, 1.165) is 21.8 Å². The molecule has 1 amide bonds. The minimum atomic E-state index is -1.22. The number of amides is 1. The zero-order valence-electron chi connectivity index (χ0n) is 15.7. The summed E-state index contributed by atoms with van der Waals surface area (Å²) in [5.74, 6) is 0.0899. The minimum absolute atomic E-state index is 0.0156. The van der Waals surface area contributed by atoms with Gasteiger partial charge in [-0.1, -0.05) is 28.1 Å². The first-order chi connectivity index (χ1) is 14.4. The molecule has 9 nitrogen and oxygen atoms in total. The summed E-state index contributed by atoms with van der Waals surface area (Å²) >= 11 is 10.7. The number of aliphatic hydroxyl groups excluding tert-OH is 2. The smallest absolute Gasteiger partial charge is 0.235 e. The fourth-order valence-electron chi connectivity index (χ4n) is 3.28. The zero-order valence-corrected chi connectivity index (χ0v) is 18.8. The largest absolute Gasteiger partial charge is 0.389 e. The van der Waals surface area contributed by atoms with Crippen LogP contribution in [0.15, 0.2) is 35.1 Å². The van der Waals surface area contributed by atoms with Crippen LogP contribution < -0.4 is 10.6 Å². The van der Waals surface area contributed by atoms with Gasteiger partial charge >= 0.3 is 0 Å². The number of halogens is 2. The first-order valence-electron chi connectivity index (χ1n) is 9.00. The van der Waals surface area contributed by atoms with Gasteiger partial charge in [0.2, 0.25) is 11.2 Å². The van der Waals surface area contributed by atoms with Gasteiger partial charge in [-0.05, 0) is 29.3 Å². The standard InChI is InChI=1S/C18H18BrClN6O3S/c1-21-16(29)13-11(27)12(28)17(30-13)26-7-23-10-14(24-18(20)25-15(10)26)22-6-8-3-2-4-9(19)5-8/h2-5,7,11-13,17,27-28H,6H2,1H3,(H,21,29)(H,22,24,25)/t11?,12?,13-,17+/m0/s1. The van der Waals surface area contributed by atoms with Crippen molar-refractivity contribution in [2.24, 2.45) is 0 Å². The minimum Gasteiger partial charge on any atom is -0.389 e. The Balaban J connectivity index is 1.64. The van der Waals surface area contributed by atoms with Gasteiger partial charge in [-0.3, -0.25) is 9.36 Å². The van der Waals surface area contributed by atoms with E-state index >= 15 is 0 Å². The maximum atomic E-state index is 12.0. The van der Waals surface area contributed by atoms with Crippen LogP contribution in [0.3, 0.4) is 0 Å². The third-order valence-corrected chi connectivity index (χ3v) is 6.99. The molecule has 1 aliphatic heterocycles. The molecule has 3 heterocycles. The van der Waals surface area contributed by atoms with Gasteiger partial charge in [-0.25, -0.2) is 4.98 Å². The van der Waals surface area contributed by atoms with Crippen LogP contribution in [-0.4, -0.2) is 60.1 Å². The Morgan fingerprint density at radius 2 is 2.13 bits per heavy atom. The summed E-state index contributed by atoms with van der Waals surface area (Å²) in [5.41, 5.74) is 1.90. The number of thioether (sulfide) groups is 1. The van der Waals surface area contributed by atoms with Gasteiger partial charge in [-0.2, -0.15) is 9.97 Å². The number of carbonyl (C=O) groups excluding carboxylic acids is 1. The number of hydrogen-bond acceptors (Lipinski definition) is 8. The van der Waals surface area contributed by atoms with Crippen LogP contribution in [0.5, 0.6) is 0 Å². The predicted molar refractivity (Wildman–Crippen MR) is 118 cm³/mol. The second kappa shape index (κ2) is 8.67. The van der Waals surface area contributed by atoms with Crippen molar-refractivity contribution in [3.05, 3.63) is 45.9 Å². The third-order valence-electron chi connectivity index (χ3n) is 4.76. The lowest BCUT2D eigenvalue weighted by Crippen LogP contribution is -2.39. The van der Waals surface area contributed by atoms with Gasteiger partial charge < -0.3 is 20.8 Å². The number of anilines is 1. The van der Waals surface area contributed by atoms with Crippen LogP contribution in [-0.2, 0) is 11.3 Å². The second-order valence-corrected chi connectivity index (χ2v) is 9.21. The maximum Gasteiger partial charge on any atom is 0.235 e. The molecule has 0 saturated carbocycles. The highest BCUT2D eigenvalue weighted by molar-refractivity contribution is 9.10. The summed E-state index contributed by atoms with van der Waals surface area (Å²) in [6.07, 6.45) is -0.898. The Kier molecular flexibility index (Phi) is 6.16. The van der Waals surface area contributed by atoms with E-state index in [4.69, 9.17) is 11.6 Å². The normalized spacial score (nSPS) is 23.6. The van der Waals surface area contributed by atoms with Crippen molar-refractivity contribution in [2.75, 3.05) is 12.4 Å². The average molecular weight is 514 g/mol. The van der Waals surface area contributed by atoms with Gasteiger partial charge in [0, 0.05) is 18.1 Å². The van der Waals surface area contributed by atoms with Gasteiger partial charge in [0.05, 0.1) is 6.33 Å². The Bertz CT molecular complexity index is 1100. The molecule has 3 aromatic rings. The lowest BCUT2D eigenvalue weighted by atomic mass is 10.1.